The minimum absolute atomic E-state index is 0.136. The Labute approximate surface area is 119 Å². The zero-order valence-corrected chi connectivity index (χ0v) is 11.7. The molecule has 1 aromatic carbocycles. The zero-order valence-electron chi connectivity index (χ0n) is 11.7. The number of benzene rings is 1. The molecule has 0 fully saturated rings. The molecule has 1 heterocycles. The maximum atomic E-state index is 13.5. The van der Waals surface area contributed by atoms with Gasteiger partial charge in [-0.1, -0.05) is 24.3 Å². The van der Waals surface area contributed by atoms with Gasteiger partial charge in [0, 0.05) is 44.1 Å². The summed E-state index contributed by atoms with van der Waals surface area (Å²) in [4.78, 5) is 6.18. The molecule has 3 nitrogen and oxygen atoms in total. The topological polar surface area (TPSA) is 28.2 Å². The molecule has 0 aliphatic rings. The Morgan fingerprint density at radius 2 is 2.05 bits per heavy atom. The Kier molecular flexibility index (Phi) is 5.65. The fraction of sp³-hybridized carbons (Fsp3) is 0.312. The summed E-state index contributed by atoms with van der Waals surface area (Å²) in [6.45, 7) is 3.16. The Balaban J connectivity index is 1.68. The van der Waals surface area contributed by atoms with E-state index in [0.29, 0.717) is 6.54 Å². The number of aromatic nitrogens is 1. The Bertz CT molecular complexity index is 516. The third-order valence-corrected chi connectivity index (χ3v) is 3.12. The van der Waals surface area contributed by atoms with Crippen molar-refractivity contribution in [3.8, 4) is 0 Å². The van der Waals surface area contributed by atoms with Crippen molar-refractivity contribution in [1.29, 1.82) is 0 Å². The van der Waals surface area contributed by atoms with Gasteiger partial charge in [-0.25, -0.2) is 4.39 Å². The number of pyridine rings is 1. The molecule has 0 saturated heterocycles. The van der Waals surface area contributed by atoms with Crippen LogP contribution in [0.1, 0.15) is 11.1 Å². The molecule has 1 N–H and O–H groups in total. The molecule has 106 valence electrons. The molecule has 0 aliphatic heterocycles. The Hall–Kier alpha value is -1.78. The van der Waals surface area contributed by atoms with Crippen molar-refractivity contribution in [3.05, 3.63) is 65.7 Å². The predicted octanol–water partition coefficient (Wildman–Crippen LogP) is 2.44. The number of hydrogen-bond acceptors (Lipinski definition) is 3. The van der Waals surface area contributed by atoms with Crippen LogP contribution >= 0.6 is 0 Å². The van der Waals surface area contributed by atoms with E-state index >= 15 is 0 Å². The molecule has 0 bridgehead atoms. The van der Waals surface area contributed by atoms with E-state index in [4.69, 9.17) is 0 Å². The quantitative estimate of drug-likeness (QED) is 0.785. The smallest absolute Gasteiger partial charge is 0.127 e. The van der Waals surface area contributed by atoms with Crippen LogP contribution in [-0.4, -0.2) is 30.0 Å². The minimum atomic E-state index is -0.136. The van der Waals surface area contributed by atoms with Crippen LogP contribution < -0.4 is 5.32 Å². The predicted molar refractivity (Wildman–Crippen MR) is 78.7 cm³/mol. The normalized spacial score (nSPS) is 10.9. The number of rotatable bonds is 7. The second-order valence-corrected chi connectivity index (χ2v) is 4.87. The lowest BCUT2D eigenvalue weighted by Crippen LogP contribution is -2.29. The molecule has 0 saturated carbocycles. The first-order valence-corrected chi connectivity index (χ1v) is 6.77. The minimum Gasteiger partial charge on any atom is -0.311 e. The van der Waals surface area contributed by atoms with Gasteiger partial charge < -0.3 is 10.2 Å². The number of hydrogen-bond donors (Lipinski definition) is 1. The summed E-state index contributed by atoms with van der Waals surface area (Å²) in [5.41, 5.74) is 1.91. The average molecular weight is 273 g/mol. The van der Waals surface area contributed by atoms with Crippen LogP contribution in [0.4, 0.5) is 4.39 Å². The van der Waals surface area contributed by atoms with Crippen LogP contribution in [0, 0.1) is 5.82 Å². The lowest BCUT2D eigenvalue weighted by molar-refractivity contribution is 0.319. The van der Waals surface area contributed by atoms with Gasteiger partial charge in [-0.3, -0.25) is 4.98 Å². The standard InChI is InChI=1S/C16H20FN3/c1-20(13-15-6-2-3-7-16(15)17)10-9-19-12-14-5-4-8-18-11-14/h2-8,11,19H,9-10,12-13H2,1H3. The van der Waals surface area contributed by atoms with Crippen molar-refractivity contribution >= 4 is 0 Å². The summed E-state index contributed by atoms with van der Waals surface area (Å²) >= 11 is 0. The molecule has 0 radical (unpaired) electrons. The van der Waals surface area contributed by atoms with Gasteiger partial charge in [0.15, 0.2) is 0 Å². The fourth-order valence-corrected chi connectivity index (χ4v) is 2.00. The van der Waals surface area contributed by atoms with Crippen LogP contribution in [0.3, 0.4) is 0 Å². The fourth-order valence-electron chi connectivity index (χ4n) is 2.00. The van der Waals surface area contributed by atoms with Crippen LogP contribution in [0.25, 0.3) is 0 Å². The van der Waals surface area contributed by atoms with Crippen LogP contribution in [0.2, 0.25) is 0 Å². The molecule has 0 unspecified atom stereocenters. The summed E-state index contributed by atoms with van der Waals surface area (Å²) in [7, 11) is 2.00. The van der Waals surface area contributed by atoms with Crippen molar-refractivity contribution in [2.45, 2.75) is 13.1 Å². The highest BCUT2D eigenvalue weighted by atomic mass is 19.1. The van der Waals surface area contributed by atoms with Crippen molar-refractivity contribution in [3.63, 3.8) is 0 Å². The van der Waals surface area contributed by atoms with E-state index in [0.717, 1.165) is 25.2 Å². The van der Waals surface area contributed by atoms with Gasteiger partial charge in [-0.2, -0.15) is 0 Å². The van der Waals surface area contributed by atoms with Crippen molar-refractivity contribution in [1.82, 2.24) is 15.2 Å². The highest BCUT2D eigenvalue weighted by molar-refractivity contribution is 5.17. The molecule has 0 aliphatic carbocycles. The maximum absolute atomic E-state index is 13.5. The summed E-state index contributed by atoms with van der Waals surface area (Å²) in [5.74, 6) is -0.136. The van der Waals surface area contributed by atoms with Crippen molar-refractivity contribution in [2.75, 3.05) is 20.1 Å². The highest BCUT2D eigenvalue weighted by Crippen LogP contribution is 2.08. The van der Waals surface area contributed by atoms with E-state index in [1.807, 2.05) is 37.5 Å². The SMILES string of the molecule is CN(CCNCc1cccnc1)Cc1ccccc1F. The van der Waals surface area contributed by atoms with Crippen molar-refractivity contribution in [2.24, 2.45) is 0 Å². The molecule has 20 heavy (non-hydrogen) atoms. The molecule has 0 spiro atoms. The first kappa shape index (κ1) is 14.6. The third kappa shape index (κ3) is 4.72. The molecule has 0 atom stereocenters. The largest absolute Gasteiger partial charge is 0.311 e. The van der Waals surface area contributed by atoms with Gasteiger partial charge in [0.1, 0.15) is 5.82 Å². The molecular weight excluding hydrogens is 253 g/mol. The van der Waals surface area contributed by atoms with Gasteiger partial charge >= 0.3 is 0 Å². The Morgan fingerprint density at radius 1 is 1.20 bits per heavy atom. The number of nitrogens with zero attached hydrogens (tertiary/aromatic N) is 2. The van der Waals surface area contributed by atoms with E-state index in [1.54, 1.807) is 12.3 Å². The first-order chi connectivity index (χ1) is 9.75. The van der Waals surface area contributed by atoms with Gasteiger partial charge in [0.25, 0.3) is 0 Å². The Morgan fingerprint density at radius 3 is 2.80 bits per heavy atom. The molecule has 2 rings (SSSR count). The van der Waals surface area contributed by atoms with Gasteiger partial charge in [-0.15, -0.1) is 0 Å². The molecule has 1 aromatic heterocycles. The summed E-state index contributed by atoms with van der Waals surface area (Å²) < 4.78 is 13.5. The summed E-state index contributed by atoms with van der Waals surface area (Å²) in [6.07, 6.45) is 3.63. The lowest BCUT2D eigenvalue weighted by Gasteiger charge is -2.17. The molecular formula is C16H20FN3. The first-order valence-electron chi connectivity index (χ1n) is 6.77. The highest BCUT2D eigenvalue weighted by Gasteiger charge is 2.04. The van der Waals surface area contributed by atoms with Crippen LogP contribution in [-0.2, 0) is 13.1 Å². The van der Waals surface area contributed by atoms with Crippen molar-refractivity contribution < 1.29 is 4.39 Å². The number of halogens is 1. The van der Waals surface area contributed by atoms with Gasteiger partial charge in [-0.05, 0) is 24.7 Å². The van der Waals surface area contributed by atoms with E-state index in [1.165, 1.54) is 11.6 Å². The second kappa shape index (κ2) is 7.72. The van der Waals surface area contributed by atoms with Gasteiger partial charge in [0.2, 0.25) is 0 Å². The van der Waals surface area contributed by atoms with Crippen LogP contribution in [0.15, 0.2) is 48.8 Å². The van der Waals surface area contributed by atoms with Crippen LogP contribution in [0.5, 0.6) is 0 Å². The monoisotopic (exact) mass is 273 g/mol. The summed E-state index contributed by atoms with van der Waals surface area (Å²) in [5, 5.41) is 3.36. The number of likely N-dealkylation sites (N-methyl/N-ethyl adjacent to an activating group) is 1. The molecule has 2 aromatic rings. The lowest BCUT2D eigenvalue weighted by atomic mass is 10.2. The van der Waals surface area contributed by atoms with E-state index < -0.39 is 0 Å². The third-order valence-electron chi connectivity index (χ3n) is 3.12. The molecule has 0 amide bonds. The molecule has 4 heteroatoms. The zero-order chi connectivity index (χ0) is 14.2. The van der Waals surface area contributed by atoms with E-state index in [9.17, 15) is 4.39 Å². The van der Waals surface area contributed by atoms with Gasteiger partial charge in [0.05, 0.1) is 0 Å². The van der Waals surface area contributed by atoms with E-state index in [2.05, 4.69) is 15.2 Å². The second-order valence-electron chi connectivity index (χ2n) is 4.87. The average Bonchev–Trinajstić information content (AvgIpc) is 2.47. The maximum Gasteiger partial charge on any atom is 0.127 e. The summed E-state index contributed by atoms with van der Waals surface area (Å²) in [6, 6.07) is 10.9. The van der Waals surface area contributed by atoms with E-state index in [-0.39, 0.29) is 5.82 Å². The number of nitrogens with one attached hydrogen (secondary N) is 1.